The summed E-state index contributed by atoms with van der Waals surface area (Å²) in [6, 6.07) is 0. The van der Waals surface area contributed by atoms with Gasteiger partial charge < -0.3 is 5.73 Å². The molecule has 2 N–H and O–H groups in total. The summed E-state index contributed by atoms with van der Waals surface area (Å²) in [6.07, 6.45) is 2.33. The Hall–Kier alpha value is -0.290. The van der Waals surface area contributed by atoms with Crippen molar-refractivity contribution in [3.8, 4) is 0 Å². The number of nitrogens with two attached hydrogens (primary N) is 1. The third-order valence-electron chi connectivity index (χ3n) is 1.60. The van der Waals surface area contributed by atoms with Crippen molar-refractivity contribution in [1.29, 1.82) is 0 Å². The lowest BCUT2D eigenvalue weighted by Gasteiger charge is -2.07. The molecule has 0 aliphatic carbocycles. The summed E-state index contributed by atoms with van der Waals surface area (Å²) in [5.41, 5.74) is 5.47. The molecule has 0 amide bonds. The van der Waals surface area contributed by atoms with Crippen molar-refractivity contribution < 1.29 is 0 Å². The summed E-state index contributed by atoms with van der Waals surface area (Å²) in [4.78, 5) is 0. The standard InChI is InChI=1S/C7H13N3S2/c1-3-5(4-2)11-7-10-9-6(8)12-7/h5H,3-4H2,1-2H3,(H2,8,9). The molecule has 0 aliphatic heterocycles. The van der Waals surface area contributed by atoms with E-state index >= 15 is 0 Å². The minimum absolute atomic E-state index is 0.559. The van der Waals surface area contributed by atoms with Crippen LogP contribution in [0.25, 0.3) is 0 Å². The highest BCUT2D eigenvalue weighted by molar-refractivity contribution is 8.01. The van der Waals surface area contributed by atoms with Crippen LogP contribution in [0.4, 0.5) is 5.13 Å². The monoisotopic (exact) mass is 203 g/mol. The highest BCUT2D eigenvalue weighted by Crippen LogP contribution is 2.30. The SMILES string of the molecule is CCC(CC)Sc1nnc(N)s1. The third kappa shape index (κ3) is 2.64. The van der Waals surface area contributed by atoms with Crippen molar-refractivity contribution in [3.63, 3.8) is 0 Å². The Morgan fingerprint density at radius 1 is 1.42 bits per heavy atom. The first kappa shape index (κ1) is 9.80. The summed E-state index contributed by atoms with van der Waals surface area (Å²) >= 11 is 3.24. The van der Waals surface area contributed by atoms with Crippen molar-refractivity contribution >= 4 is 28.2 Å². The Balaban J connectivity index is 2.50. The van der Waals surface area contributed by atoms with Gasteiger partial charge in [-0.05, 0) is 12.8 Å². The van der Waals surface area contributed by atoms with Crippen LogP contribution in [0, 0.1) is 0 Å². The molecule has 0 saturated heterocycles. The maximum Gasteiger partial charge on any atom is 0.203 e. The quantitative estimate of drug-likeness (QED) is 0.763. The molecule has 3 nitrogen and oxygen atoms in total. The summed E-state index contributed by atoms with van der Waals surface area (Å²) in [6.45, 7) is 4.37. The van der Waals surface area contributed by atoms with Crippen LogP contribution >= 0.6 is 23.1 Å². The number of aromatic nitrogens is 2. The minimum Gasteiger partial charge on any atom is -0.374 e. The van der Waals surface area contributed by atoms with Gasteiger partial charge in [0.1, 0.15) is 0 Å². The second-order valence-electron chi connectivity index (χ2n) is 2.46. The van der Waals surface area contributed by atoms with E-state index in [4.69, 9.17) is 5.73 Å². The highest BCUT2D eigenvalue weighted by atomic mass is 32.2. The average molecular weight is 203 g/mol. The fourth-order valence-corrected chi connectivity index (χ4v) is 2.77. The maximum atomic E-state index is 5.47. The van der Waals surface area contributed by atoms with E-state index < -0.39 is 0 Å². The van der Waals surface area contributed by atoms with Crippen molar-refractivity contribution in [3.05, 3.63) is 0 Å². The van der Waals surface area contributed by atoms with E-state index in [-0.39, 0.29) is 0 Å². The predicted molar refractivity (Wildman–Crippen MR) is 54.5 cm³/mol. The molecule has 68 valence electrons. The molecule has 0 bridgehead atoms. The van der Waals surface area contributed by atoms with Crippen molar-refractivity contribution in [2.24, 2.45) is 0 Å². The van der Waals surface area contributed by atoms with Crippen LogP contribution in [-0.2, 0) is 0 Å². The Labute approximate surface area is 80.8 Å². The number of hydrogen-bond donors (Lipinski definition) is 1. The molecular formula is C7H13N3S2. The largest absolute Gasteiger partial charge is 0.374 e. The minimum atomic E-state index is 0.559. The first-order valence-electron chi connectivity index (χ1n) is 4.01. The maximum absolute atomic E-state index is 5.47. The molecule has 0 unspecified atom stereocenters. The van der Waals surface area contributed by atoms with E-state index in [1.165, 1.54) is 24.2 Å². The van der Waals surface area contributed by atoms with Gasteiger partial charge in [-0.1, -0.05) is 36.9 Å². The van der Waals surface area contributed by atoms with Gasteiger partial charge in [-0.2, -0.15) is 0 Å². The molecule has 0 spiro atoms. The number of rotatable bonds is 4. The van der Waals surface area contributed by atoms with E-state index in [2.05, 4.69) is 24.0 Å². The Kier molecular flexibility index (Phi) is 3.81. The summed E-state index contributed by atoms with van der Waals surface area (Å²) in [5.74, 6) is 0. The lowest BCUT2D eigenvalue weighted by Crippen LogP contribution is -1.96. The van der Waals surface area contributed by atoms with Gasteiger partial charge in [0.05, 0.1) is 0 Å². The summed E-state index contributed by atoms with van der Waals surface area (Å²) in [7, 11) is 0. The molecule has 1 heterocycles. The van der Waals surface area contributed by atoms with Gasteiger partial charge in [0.15, 0.2) is 4.34 Å². The zero-order valence-corrected chi connectivity index (χ0v) is 8.91. The number of nitrogens with zero attached hydrogens (tertiary/aromatic N) is 2. The van der Waals surface area contributed by atoms with Gasteiger partial charge >= 0.3 is 0 Å². The first-order chi connectivity index (χ1) is 5.76. The van der Waals surface area contributed by atoms with E-state index in [1.54, 1.807) is 11.8 Å². The number of hydrogen-bond acceptors (Lipinski definition) is 5. The molecule has 5 heteroatoms. The molecule has 0 atom stereocenters. The van der Waals surface area contributed by atoms with Gasteiger partial charge in [0, 0.05) is 5.25 Å². The van der Waals surface area contributed by atoms with Gasteiger partial charge in [-0.25, -0.2) is 0 Å². The molecule has 12 heavy (non-hydrogen) atoms. The summed E-state index contributed by atoms with van der Waals surface area (Å²) in [5, 5.41) is 8.93. The zero-order chi connectivity index (χ0) is 8.97. The predicted octanol–water partition coefficient (Wildman–Crippen LogP) is 2.40. The molecule has 0 aromatic carbocycles. The van der Waals surface area contributed by atoms with Crippen LogP contribution in [0.2, 0.25) is 0 Å². The lowest BCUT2D eigenvalue weighted by molar-refractivity contribution is 0.790. The van der Waals surface area contributed by atoms with Crippen LogP contribution < -0.4 is 5.73 Å². The van der Waals surface area contributed by atoms with Gasteiger partial charge in [-0.15, -0.1) is 10.2 Å². The van der Waals surface area contributed by atoms with E-state index in [9.17, 15) is 0 Å². The molecule has 1 aromatic heterocycles. The Bertz CT molecular complexity index is 232. The lowest BCUT2D eigenvalue weighted by atomic mass is 10.3. The smallest absolute Gasteiger partial charge is 0.203 e. The number of anilines is 1. The fraction of sp³-hybridized carbons (Fsp3) is 0.714. The van der Waals surface area contributed by atoms with E-state index in [0.717, 1.165) is 4.34 Å². The first-order valence-corrected chi connectivity index (χ1v) is 5.71. The Morgan fingerprint density at radius 2 is 2.08 bits per heavy atom. The van der Waals surface area contributed by atoms with E-state index in [0.29, 0.717) is 10.4 Å². The van der Waals surface area contributed by atoms with Crippen LogP contribution in [0.1, 0.15) is 26.7 Å². The second-order valence-corrected chi connectivity index (χ2v) is 5.02. The van der Waals surface area contributed by atoms with Crippen LogP contribution in [0.5, 0.6) is 0 Å². The summed E-state index contributed by atoms with van der Waals surface area (Å²) < 4.78 is 0.987. The normalized spacial score (nSPS) is 10.9. The third-order valence-corrected chi connectivity index (χ3v) is 3.97. The van der Waals surface area contributed by atoms with Crippen molar-refractivity contribution in [2.45, 2.75) is 36.3 Å². The molecule has 0 fully saturated rings. The van der Waals surface area contributed by atoms with Crippen molar-refractivity contribution in [2.75, 3.05) is 5.73 Å². The van der Waals surface area contributed by atoms with Crippen molar-refractivity contribution in [1.82, 2.24) is 10.2 Å². The molecule has 1 rings (SSSR count). The van der Waals surface area contributed by atoms with Gasteiger partial charge in [0.2, 0.25) is 5.13 Å². The fourth-order valence-electron chi connectivity index (χ4n) is 0.866. The molecular weight excluding hydrogens is 190 g/mol. The molecule has 0 saturated carbocycles. The zero-order valence-electron chi connectivity index (χ0n) is 7.28. The van der Waals surface area contributed by atoms with Crippen LogP contribution in [0.3, 0.4) is 0 Å². The van der Waals surface area contributed by atoms with E-state index in [1.807, 2.05) is 0 Å². The van der Waals surface area contributed by atoms with Crippen LogP contribution in [0.15, 0.2) is 4.34 Å². The topological polar surface area (TPSA) is 51.8 Å². The molecule has 0 radical (unpaired) electrons. The number of thioether (sulfide) groups is 1. The average Bonchev–Trinajstić information content (AvgIpc) is 2.47. The van der Waals surface area contributed by atoms with Gasteiger partial charge in [0.25, 0.3) is 0 Å². The Morgan fingerprint density at radius 3 is 2.50 bits per heavy atom. The molecule has 1 aromatic rings. The number of nitrogen functional groups attached to an aromatic ring is 1. The molecule has 0 aliphatic rings. The second kappa shape index (κ2) is 4.67. The van der Waals surface area contributed by atoms with Crippen LogP contribution in [-0.4, -0.2) is 15.4 Å². The van der Waals surface area contributed by atoms with Gasteiger partial charge in [-0.3, -0.25) is 0 Å². The highest BCUT2D eigenvalue weighted by Gasteiger charge is 2.08.